The molecule has 2 N–H and O–H groups in total. The van der Waals surface area contributed by atoms with Crippen molar-refractivity contribution in [3.8, 4) is 0 Å². The van der Waals surface area contributed by atoms with Gasteiger partial charge in [-0.3, -0.25) is 24.6 Å². The van der Waals surface area contributed by atoms with E-state index in [1.54, 1.807) is 4.90 Å². The fourth-order valence-corrected chi connectivity index (χ4v) is 2.76. The maximum Gasteiger partial charge on any atom is 0.320 e. The molecule has 1 aliphatic rings. The van der Waals surface area contributed by atoms with Crippen LogP contribution in [0.15, 0.2) is 18.2 Å². The molecule has 0 spiro atoms. The van der Waals surface area contributed by atoms with Crippen LogP contribution in [0.4, 0.5) is 11.4 Å². The van der Waals surface area contributed by atoms with E-state index >= 15 is 0 Å². The third-order valence-electron chi connectivity index (χ3n) is 3.67. The first-order valence-electron chi connectivity index (χ1n) is 7.09. The van der Waals surface area contributed by atoms with Gasteiger partial charge in [-0.25, -0.2) is 0 Å². The summed E-state index contributed by atoms with van der Waals surface area (Å²) in [4.78, 5) is 35.1. The van der Waals surface area contributed by atoms with E-state index in [2.05, 4.69) is 5.32 Å². The molecular formula is C14H16ClN3O5. The van der Waals surface area contributed by atoms with Gasteiger partial charge >= 0.3 is 5.97 Å². The van der Waals surface area contributed by atoms with Crippen molar-refractivity contribution >= 4 is 34.9 Å². The molecule has 9 heteroatoms. The zero-order chi connectivity index (χ0) is 17.0. The minimum Gasteiger partial charge on any atom is -0.480 e. The van der Waals surface area contributed by atoms with Gasteiger partial charge in [0.25, 0.3) is 5.69 Å². The molecule has 1 aliphatic heterocycles. The molecule has 2 rings (SSSR count). The number of carbonyl (C=O) groups excluding carboxylic acids is 1. The Morgan fingerprint density at radius 1 is 1.43 bits per heavy atom. The third-order valence-corrected chi connectivity index (χ3v) is 3.99. The third kappa shape index (κ3) is 4.40. The number of carbonyl (C=O) groups is 2. The van der Waals surface area contributed by atoms with Crippen molar-refractivity contribution in [2.24, 2.45) is 0 Å². The molecule has 0 saturated carbocycles. The number of hydrogen-bond acceptors (Lipinski definition) is 5. The number of hydrogen-bond donors (Lipinski definition) is 2. The lowest BCUT2D eigenvalue weighted by Gasteiger charge is -2.32. The number of nitro groups is 1. The molecule has 1 fully saturated rings. The van der Waals surface area contributed by atoms with Gasteiger partial charge in [-0.1, -0.05) is 18.0 Å². The molecule has 1 aromatic carbocycles. The molecule has 1 saturated heterocycles. The van der Waals surface area contributed by atoms with Crippen LogP contribution in [0.5, 0.6) is 0 Å². The van der Waals surface area contributed by atoms with Gasteiger partial charge < -0.3 is 10.4 Å². The smallest absolute Gasteiger partial charge is 0.320 e. The highest BCUT2D eigenvalue weighted by Gasteiger charge is 2.29. The largest absolute Gasteiger partial charge is 0.480 e. The Labute approximate surface area is 137 Å². The molecule has 0 aromatic heterocycles. The summed E-state index contributed by atoms with van der Waals surface area (Å²) < 4.78 is 0. The van der Waals surface area contributed by atoms with Crippen molar-refractivity contribution in [3.63, 3.8) is 0 Å². The van der Waals surface area contributed by atoms with Crippen LogP contribution < -0.4 is 5.32 Å². The summed E-state index contributed by atoms with van der Waals surface area (Å²) in [7, 11) is 0. The number of nitrogens with zero attached hydrogens (tertiary/aromatic N) is 2. The van der Waals surface area contributed by atoms with Crippen LogP contribution in [0.1, 0.15) is 19.3 Å². The number of likely N-dealkylation sites (tertiary alicyclic amines) is 1. The Balaban J connectivity index is 2.03. The van der Waals surface area contributed by atoms with Gasteiger partial charge in [-0.05, 0) is 31.5 Å². The van der Waals surface area contributed by atoms with Gasteiger partial charge in [-0.15, -0.1) is 0 Å². The van der Waals surface area contributed by atoms with Gasteiger partial charge in [0.15, 0.2) is 0 Å². The number of aliphatic carboxylic acids is 1. The SMILES string of the molecule is O=C(CN1CCCCC1C(=O)O)Nc1ccc(Cl)c([N+](=O)[O-])c1. The van der Waals surface area contributed by atoms with Crippen molar-refractivity contribution in [1.29, 1.82) is 0 Å². The number of rotatable bonds is 5. The maximum atomic E-state index is 12.1. The van der Waals surface area contributed by atoms with E-state index in [1.807, 2.05) is 0 Å². The first kappa shape index (κ1) is 17.2. The Bertz CT molecular complexity index is 637. The number of carboxylic acid groups (broad SMARTS) is 1. The van der Waals surface area contributed by atoms with Crippen molar-refractivity contribution in [2.75, 3.05) is 18.4 Å². The number of amides is 1. The van der Waals surface area contributed by atoms with E-state index in [-0.39, 0.29) is 22.9 Å². The van der Waals surface area contributed by atoms with Crippen molar-refractivity contribution in [1.82, 2.24) is 4.90 Å². The molecule has 8 nitrogen and oxygen atoms in total. The highest BCUT2D eigenvalue weighted by atomic mass is 35.5. The van der Waals surface area contributed by atoms with Gasteiger partial charge in [-0.2, -0.15) is 0 Å². The molecule has 124 valence electrons. The summed E-state index contributed by atoms with van der Waals surface area (Å²) in [6.07, 6.45) is 2.16. The Morgan fingerprint density at radius 2 is 2.17 bits per heavy atom. The number of nitrogens with one attached hydrogen (secondary N) is 1. The second-order valence-corrected chi connectivity index (χ2v) is 5.70. The van der Waals surface area contributed by atoms with E-state index in [9.17, 15) is 24.8 Å². The van der Waals surface area contributed by atoms with Crippen LogP contribution in [0.3, 0.4) is 0 Å². The monoisotopic (exact) mass is 341 g/mol. The Hall–Kier alpha value is -2.19. The van der Waals surface area contributed by atoms with E-state index in [0.29, 0.717) is 13.0 Å². The number of piperidine rings is 1. The van der Waals surface area contributed by atoms with E-state index in [1.165, 1.54) is 18.2 Å². The lowest BCUT2D eigenvalue weighted by molar-refractivity contribution is -0.384. The van der Waals surface area contributed by atoms with Crippen molar-refractivity contribution in [3.05, 3.63) is 33.3 Å². The predicted molar refractivity (Wildman–Crippen MR) is 83.6 cm³/mol. The summed E-state index contributed by atoms with van der Waals surface area (Å²) in [6, 6.07) is 3.29. The molecule has 1 aromatic rings. The topological polar surface area (TPSA) is 113 Å². The molecule has 0 bridgehead atoms. The van der Waals surface area contributed by atoms with Gasteiger partial charge in [0.1, 0.15) is 11.1 Å². The van der Waals surface area contributed by atoms with Crippen molar-refractivity contribution in [2.45, 2.75) is 25.3 Å². The minimum absolute atomic E-state index is 0.0185. The van der Waals surface area contributed by atoms with Crippen LogP contribution in [-0.2, 0) is 9.59 Å². The normalized spacial score (nSPS) is 18.4. The second-order valence-electron chi connectivity index (χ2n) is 5.29. The number of carboxylic acids is 1. The van der Waals surface area contributed by atoms with Gasteiger partial charge in [0.05, 0.1) is 11.5 Å². The fourth-order valence-electron chi connectivity index (χ4n) is 2.58. The summed E-state index contributed by atoms with van der Waals surface area (Å²) in [5.74, 6) is -1.37. The number of nitro benzene ring substituents is 1. The second kappa shape index (κ2) is 7.38. The van der Waals surface area contributed by atoms with Gasteiger partial charge in [0, 0.05) is 11.8 Å². The first-order chi connectivity index (χ1) is 10.9. The Kier molecular flexibility index (Phi) is 5.51. The first-order valence-corrected chi connectivity index (χ1v) is 7.47. The summed E-state index contributed by atoms with van der Waals surface area (Å²) in [5, 5.41) is 22.5. The van der Waals surface area contributed by atoms with Gasteiger partial charge in [0.2, 0.25) is 5.91 Å². The lowest BCUT2D eigenvalue weighted by Crippen LogP contribution is -2.47. The fraction of sp³-hybridized carbons (Fsp3) is 0.429. The highest BCUT2D eigenvalue weighted by Crippen LogP contribution is 2.27. The average molecular weight is 342 g/mol. The average Bonchev–Trinajstić information content (AvgIpc) is 2.49. The van der Waals surface area contributed by atoms with Crippen LogP contribution in [0, 0.1) is 10.1 Å². The molecule has 1 unspecified atom stereocenters. The zero-order valence-corrected chi connectivity index (χ0v) is 13.0. The zero-order valence-electron chi connectivity index (χ0n) is 12.2. The Morgan fingerprint density at radius 3 is 2.83 bits per heavy atom. The number of anilines is 1. The molecular weight excluding hydrogens is 326 g/mol. The molecule has 0 radical (unpaired) electrons. The van der Waals surface area contributed by atoms with Crippen LogP contribution in [0.2, 0.25) is 5.02 Å². The summed E-state index contributed by atoms with van der Waals surface area (Å²) in [6.45, 7) is 0.457. The molecule has 1 amide bonds. The van der Waals surface area contributed by atoms with E-state index < -0.39 is 22.8 Å². The molecule has 0 aliphatic carbocycles. The predicted octanol–water partition coefficient (Wildman–Crippen LogP) is 2.13. The molecule has 1 heterocycles. The molecule has 23 heavy (non-hydrogen) atoms. The van der Waals surface area contributed by atoms with Crippen molar-refractivity contribution < 1.29 is 19.6 Å². The van der Waals surface area contributed by atoms with Crippen LogP contribution in [0.25, 0.3) is 0 Å². The maximum absolute atomic E-state index is 12.1. The summed E-state index contributed by atoms with van der Waals surface area (Å²) in [5.41, 5.74) is -0.0548. The molecule has 1 atom stereocenters. The highest BCUT2D eigenvalue weighted by molar-refractivity contribution is 6.32. The van der Waals surface area contributed by atoms with E-state index in [4.69, 9.17) is 11.6 Å². The number of halogens is 1. The quantitative estimate of drug-likeness (QED) is 0.626. The lowest BCUT2D eigenvalue weighted by atomic mass is 10.0. The van der Waals surface area contributed by atoms with Crippen LogP contribution in [-0.4, -0.2) is 45.9 Å². The minimum atomic E-state index is -0.945. The van der Waals surface area contributed by atoms with E-state index in [0.717, 1.165) is 12.8 Å². The standard InChI is InChI=1S/C14H16ClN3O5/c15-10-5-4-9(7-12(10)18(22)23)16-13(19)8-17-6-2-1-3-11(17)14(20)21/h4-5,7,11H,1-3,6,8H2,(H,16,19)(H,20,21). The summed E-state index contributed by atoms with van der Waals surface area (Å²) >= 11 is 5.71. The van der Waals surface area contributed by atoms with Crippen LogP contribution >= 0.6 is 11.6 Å². The number of benzene rings is 1.